The number of hydrogen-bond acceptors (Lipinski definition) is 4. The van der Waals surface area contributed by atoms with E-state index < -0.39 is 0 Å². The molecule has 0 aliphatic carbocycles. The van der Waals surface area contributed by atoms with Gasteiger partial charge in [-0.05, 0) is 45.7 Å². The molecule has 0 amide bonds. The van der Waals surface area contributed by atoms with Gasteiger partial charge in [-0.2, -0.15) is 0 Å². The Morgan fingerprint density at radius 3 is 3.18 bits per heavy atom. The molecule has 1 saturated heterocycles. The van der Waals surface area contributed by atoms with E-state index >= 15 is 0 Å². The van der Waals surface area contributed by atoms with Crippen molar-refractivity contribution in [1.29, 1.82) is 0 Å². The second-order valence-corrected chi connectivity index (χ2v) is 5.79. The lowest BCUT2D eigenvalue weighted by atomic mass is 10.0. The minimum absolute atomic E-state index is 0.771. The van der Waals surface area contributed by atoms with Crippen LogP contribution in [0.2, 0.25) is 0 Å². The number of nitrogens with zero attached hydrogens (tertiary/aromatic N) is 1. The third-order valence-electron chi connectivity index (χ3n) is 3.26. The first-order valence-electron chi connectivity index (χ1n) is 6.70. The van der Waals surface area contributed by atoms with E-state index in [2.05, 4.69) is 27.9 Å². The molecule has 2 N–H and O–H groups in total. The smallest absolute Gasteiger partial charge is 0.107 e. The Bertz CT molecular complexity index is 318. The van der Waals surface area contributed by atoms with Gasteiger partial charge in [0.25, 0.3) is 0 Å². The molecule has 3 nitrogen and oxygen atoms in total. The summed E-state index contributed by atoms with van der Waals surface area (Å²) < 4.78 is 0. The molecule has 4 heteroatoms. The molecule has 96 valence electrons. The highest BCUT2D eigenvalue weighted by Crippen LogP contribution is 2.11. The van der Waals surface area contributed by atoms with Gasteiger partial charge in [0.15, 0.2) is 0 Å². The van der Waals surface area contributed by atoms with Gasteiger partial charge in [-0.1, -0.05) is 6.42 Å². The van der Waals surface area contributed by atoms with Crippen molar-refractivity contribution >= 4 is 11.3 Å². The SMILES string of the molecule is Cc1csc(CNCCCC2CCCCN2)n1. The van der Waals surface area contributed by atoms with E-state index in [0.29, 0.717) is 0 Å². The molecule has 2 heterocycles. The lowest BCUT2D eigenvalue weighted by molar-refractivity contribution is 0.373. The Labute approximate surface area is 108 Å². The summed E-state index contributed by atoms with van der Waals surface area (Å²) in [4.78, 5) is 4.44. The van der Waals surface area contributed by atoms with E-state index in [-0.39, 0.29) is 0 Å². The normalized spacial score (nSPS) is 20.6. The fourth-order valence-corrected chi connectivity index (χ4v) is 3.06. The number of aromatic nitrogens is 1. The van der Waals surface area contributed by atoms with Gasteiger partial charge in [-0.15, -0.1) is 11.3 Å². The highest BCUT2D eigenvalue weighted by Gasteiger charge is 2.11. The molecule has 1 aromatic rings. The number of thiazole rings is 1. The summed E-state index contributed by atoms with van der Waals surface area (Å²) in [6.45, 7) is 5.30. The first-order valence-corrected chi connectivity index (χ1v) is 7.57. The van der Waals surface area contributed by atoms with Crippen molar-refractivity contribution in [2.75, 3.05) is 13.1 Å². The van der Waals surface area contributed by atoms with Gasteiger partial charge in [0.2, 0.25) is 0 Å². The highest BCUT2D eigenvalue weighted by atomic mass is 32.1. The minimum Gasteiger partial charge on any atom is -0.314 e. The topological polar surface area (TPSA) is 37.0 Å². The van der Waals surface area contributed by atoms with Crippen molar-refractivity contribution in [2.45, 2.75) is 51.6 Å². The average Bonchev–Trinajstić information content (AvgIpc) is 2.76. The Morgan fingerprint density at radius 2 is 2.47 bits per heavy atom. The molecular formula is C13H23N3S. The molecule has 0 bridgehead atoms. The van der Waals surface area contributed by atoms with Gasteiger partial charge >= 0.3 is 0 Å². The fraction of sp³-hybridized carbons (Fsp3) is 0.769. The van der Waals surface area contributed by atoms with Crippen molar-refractivity contribution in [1.82, 2.24) is 15.6 Å². The Balaban J connectivity index is 1.51. The molecule has 0 aromatic carbocycles. The maximum atomic E-state index is 4.44. The quantitative estimate of drug-likeness (QED) is 0.765. The molecule has 1 aliphatic heterocycles. The predicted molar refractivity (Wildman–Crippen MR) is 73.4 cm³/mol. The van der Waals surface area contributed by atoms with E-state index in [0.717, 1.165) is 24.8 Å². The van der Waals surface area contributed by atoms with E-state index in [1.165, 1.54) is 43.7 Å². The zero-order valence-corrected chi connectivity index (χ0v) is 11.5. The molecule has 0 spiro atoms. The number of aryl methyl sites for hydroxylation is 1. The predicted octanol–water partition coefficient (Wildman–Crippen LogP) is 2.46. The summed E-state index contributed by atoms with van der Waals surface area (Å²) in [6, 6.07) is 0.771. The molecule has 2 rings (SSSR count). The number of nitrogens with one attached hydrogen (secondary N) is 2. The van der Waals surface area contributed by atoms with Gasteiger partial charge in [0, 0.05) is 23.7 Å². The van der Waals surface area contributed by atoms with Crippen LogP contribution in [-0.4, -0.2) is 24.1 Å². The standard InChI is InChI=1S/C13H23N3S/c1-11-10-17-13(16-11)9-14-7-4-6-12-5-2-3-8-15-12/h10,12,14-15H,2-9H2,1H3. The van der Waals surface area contributed by atoms with Crippen LogP contribution in [0.15, 0.2) is 5.38 Å². The van der Waals surface area contributed by atoms with Crippen molar-refractivity contribution < 1.29 is 0 Å². The first-order chi connectivity index (χ1) is 8.34. The molecule has 0 radical (unpaired) electrons. The van der Waals surface area contributed by atoms with Gasteiger partial charge in [-0.3, -0.25) is 0 Å². The van der Waals surface area contributed by atoms with Gasteiger partial charge in [0.1, 0.15) is 5.01 Å². The number of rotatable bonds is 6. The van der Waals surface area contributed by atoms with Crippen LogP contribution in [0.4, 0.5) is 0 Å². The second-order valence-electron chi connectivity index (χ2n) is 4.85. The van der Waals surface area contributed by atoms with Crippen LogP contribution in [0, 0.1) is 6.92 Å². The summed E-state index contributed by atoms with van der Waals surface area (Å²) >= 11 is 1.75. The minimum atomic E-state index is 0.771. The molecule has 1 fully saturated rings. The van der Waals surface area contributed by atoms with Crippen LogP contribution >= 0.6 is 11.3 Å². The van der Waals surface area contributed by atoms with Crippen LogP contribution in [0.3, 0.4) is 0 Å². The maximum absolute atomic E-state index is 4.44. The van der Waals surface area contributed by atoms with Crippen LogP contribution in [-0.2, 0) is 6.54 Å². The Hall–Kier alpha value is -0.450. The second kappa shape index (κ2) is 7.09. The third kappa shape index (κ3) is 4.74. The zero-order chi connectivity index (χ0) is 11.9. The van der Waals surface area contributed by atoms with Gasteiger partial charge in [-0.25, -0.2) is 4.98 Å². The zero-order valence-electron chi connectivity index (χ0n) is 10.7. The highest BCUT2D eigenvalue weighted by molar-refractivity contribution is 7.09. The monoisotopic (exact) mass is 253 g/mol. The first kappa shape index (κ1) is 13.0. The largest absolute Gasteiger partial charge is 0.314 e. The molecule has 17 heavy (non-hydrogen) atoms. The van der Waals surface area contributed by atoms with E-state index in [1.54, 1.807) is 11.3 Å². The lowest BCUT2D eigenvalue weighted by Crippen LogP contribution is -2.34. The summed E-state index contributed by atoms with van der Waals surface area (Å²) in [5.74, 6) is 0. The van der Waals surface area contributed by atoms with E-state index in [4.69, 9.17) is 0 Å². The van der Waals surface area contributed by atoms with E-state index in [9.17, 15) is 0 Å². The van der Waals surface area contributed by atoms with Crippen molar-refractivity contribution in [3.05, 3.63) is 16.1 Å². The lowest BCUT2D eigenvalue weighted by Gasteiger charge is -2.23. The summed E-state index contributed by atoms with van der Waals surface area (Å²) in [5, 5.41) is 10.4. The number of hydrogen-bond donors (Lipinski definition) is 2. The third-order valence-corrected chi connectivity index (χ3v) is 4.23. The molecule has 0 saturated carbocycles. The molecule has 1 aliphatic rings. The maximum Gasteiger partial charge on any atom is 0.107 e. The molecule has 1 atom stereocenters. The van der Waals surface area contributed by atoms with Crippen LogP contribution in [0.1, 0.15) is 42.8 Å². The molecule has 1 aromatic heterocycles. The van der Waals surface area contributed by atoms with Crippen molar-refractivity contribution in [3.8, 4) is 0 Å². The molecular weight excluding hydrogens is 230 g/mol. The Morgan fingerprint density at radius 1 is 1.53 bits per heavy atom. The van der Waals surface area contributed by atoms with E-state index in [1.807, 2.05) is 0 Å². The van der Waals surface area contributed by atoms with Crippen LogP contribution < -0.4 is 10.6 Å². The fourth-order valence-electron chi connectivity index (χ4n) is 2.32. The summed E-state index contributed by atoms with van der Waals surface area (Å²) in [6.07, 6.45) is 6.71. The molecule has 1 unspecified atom stereocenters. The summed E-state index contributed by atoms with van der Waals surface area (Å²) in [7, 11) is 0. The number of piperidine rings is 1. The van der Waals surface area contributed by atoms with Crippen LogP contribution in [0.5, 0.6) is 0 Å². The van der Waals surface area contributed by atoms with Crippen molar-refractivity contribution in [3.63, 3.8) is 0 Å². The summed E-state index contributed by atoms with van der Waals surface area (Å²) in [5.41, 5.74) is 1.14. The average molecular weight is 253 g/mol. The Kier molecular flexibility index (Phi) is 5.42. The van der Waals surface area contributed by atoms with Gasteiger partial charge in [0.05, 0.1) is 0 Å². The van der Waals surface area contributed by atoms with Crippen molar-refractivity contribution in [2.24, 2.45) is 0 Å². The van der Waals surface area contributed by atoms with Gasteiger partial charge < -0.3 is 10.6 Å². The van der Waals surface area contributed by atoms with Crippen LogP contribution in [0.25, 0.3) is 0 Å².